The summed E-state index contributed by atoms with van der Waals surface area (Å²) in [5, 5.41) is 14.0. The highest BCUT2D eigenvalue weighted by Gasteiger charge is 2.51. The van der Waals surface area contributed by atoms with Crippen LogP contribution in [-0.2, 0) is 11.3 Å². The number of phenols is 1. The maximum Gasteiger partial charge on any atom is 0.115 e. The van der Waals surface area contributed by atoms with Gasteiger partial charge in [-0.1, -0.05) is 29.8 Å². The molecule has 1 aromatic rings. The molecule has 0 amide bonds. The van der Waals surface area contributed by atoms with Crippen molar-refractivity contribution in [1.82, 2.24) is 0 Å². The molecule has 3 unspecified atom stereocenters. The van der Waals surface area contributed by atoms with Gasteiger partial charge in [-0.2, -0.15) is 0 Å². The summed E-state index contributed by atoms with van der Waals surface area (Å²) < 4.78 is 0. The van der Waals surface area contributed by atoms with Crippen LogP contribution in [0.5, 0.6) is 5.75 Å². The van der Waals surface area contributed by atoms with Gasteiger partial charge in [0, 0.05) is 11.3 Å². The average Bonchev–Trinajstić information content (AvgIpc) is 2.84. The Bertz CT molecular complexity index is 676. The van der Waals surface area contributed by atoms with E-state index in [1.54, 1.807) is 12.7 Å². The summed E-state index contributed by atoms with van der Waals surface area (Å²) in [6.07, 6.45) is 7.95. The van der Waals surface area contributed by atoms with Gasteiger partial charge in [0.15, 0.2) is 0 Å². The first kappa shape index (κ1) is 13.9. The first-order valence-corrected chi connectivity index (χ1v) is 8.25. The zero-order chi connectivity index (χ0) is 15.3. The van der Waals surface area contributed by atoms with E-state index in [0.29, 0.717) is 17.6 Å². The van der Waals surface area contributed by atoms with E-state index in [1.165, 1.54) is 36.1 Å². The minimum atomic E-state index is 0.173. The summed E-state index contributed by atoms with van der Waals surface area (Å²) in [4.78, 5) is 5.09. The number of oxime groups is 1. The van der Waals surface area contributed by atoms with Gasteiger partial charge >= 0.3 is 0 Å². The van der Waals surface area contributed by atoms with Crippen LogP contribution in [-0.4, -0.2) is 17.9 Å². The van der Waals surface area contributed by atoms with E-state index in [1.807, 2.05) is 12.1 Å². The van der Waals surface area contributed by atoms with Crippen LogP contribution in [0, 0.1) is 11.3 Å². The van der Waals surface area contributed by atoms with E-state index in [4.69, 9.17) is 4.84 Å². The monoisotopic (exact) mass is 297 g/mol. The van der Waals surface area contributed by atoms with Crippen molar-refractivity contribution in [1.29, 1.82) is 0 Å². The van der Waals surface area contributed by atoms with Crippen LogP contribution < -0.4 is 0 Å². The van der Waals surface area contributed by atoms with E-state index < -0.39 is 0 Å². The van der Waals surface area contributed by atoms with Gasteiger partial charge in [-0.15, -0.1) is 0 Å². The fourth-order valence-electron chi connectivity index (χ4n) is 5.01. The lowest BCUT2D eigenvalue weighted by molar-refractivity contribution is 0.198. The molecule has 4 rings (SSSR count). The summed E-state index contributed by atoms with van der Waals surface area (Å²) in [6.45, 7) is 2.37. The summed E-state index contributed by atoms with van der Waals surface area (Å²) >= 11 is 0. The summed E-state index contributed by atoms with van der Waals surface area (Å²) in [5.41, 5.74) is 5.74. The van der Waals surface area contributed by atoms with E-state index >= 15 is 0 Å². The van der Waals surface area contributed by atoms with E-state index in [-0.39, 0.29) is 5.41 Å². The Morgan fingerprint density at radius 1 is 1.32 bits per heavy atom. The third-order valence-electron chi connectivity index (χ3n) is 6.12. The number of allylic oxidation sites excluding steroid dienone is 2. The van der Waals surface area contributed by atoms with Crippen LogP contribution in [0.3, 0.4) is 0 Å². The second kappa shape index (κ2) is 4.87. The van der Waals surface area contributed by atoms with Gasteiger partial charge in [0.1, 0.15) is 12.9 Å². The SMILES string of the molecule is CON=C1CCC2C3=CCc4cc(O)ccc4C3CCC12C. The first-order chi connectivity index (χ1) is 10.6. The predicted octanol–water partition coefficient (Wildman–Crippen LogP) is 4.17. The molecular weight excluding hydrogens is 274 g/mol. The molecule has 116 valence electrons. The molecule has 1 N–H and O–H groups in total. The first-order valence-electron chi connectivity index (χ1n) is 8.25. The molecule has 3 atom stereocenters. The zero-order valence-corrected chi connectivity index (χ0v) is 13.3. The molecule has 2 saturated carbocycles. The summed E-state index contributed by atoms with van der Waals surface area (Å²) in [5.74, 6) is 1.51. The number of rotatable bonds is 1. The Morgan fingerprint density at radius 2 is 2.18 bits per heavy atom. The largest absolute Gasteiger partial charge is 0.508 e. The topological polar surface area (TPSA) is 41.8 Å². The molecule has 3 nitrogen and oxygen atoms in total. The van der Waals surface area contributed by atoms with Crippen molar-refractivity contribution in [2.75, 3.05) is 7.11 Å². The number of fused-ring (bicyclic) bond motifs is 5. The van der Waals surface area contributed by atoms with Crippen molar-refractivity contribution in [3.8, 4) is 5.75 Å². The number of phenolic OH excluding ortho intramolecular Hbond substituents is 1. The van der Waals surface area contributed by atoms with Crippen LogP contribution >= 0.6 is 0 Å². The highest BCUT2D eigenvalue weighted by Crippen LogP contribution is 2.58. The minimum Gasteiger partial charge on any atom is -0.508 e. The maximum atomic E-state index is 9.72. The van der Waals surface area contributed by atoms with Gasteiger partial charge in [0.05, 0.1) is 5.71 Å². The molecule has 3 aliphatic carbocycles. The molecular formula is C19H23NO2. The van der Waals surface area contributed by atoms with Crippen LogP contribution in [0.2, 0.25) is 0 Å². The fraction of sp³-hybridized carbons (Fsp3) is 0.526. The molecule has 2 fully saturated rings. The third kappa shape index (κ3) is 1.84. The molecule has 22 heavy (non-hydrogen) atoms. The van der Waals surface area contributed by atoms with E-state index in [2.05, 4.69) is 24.2 Å². The molecule has 0 bridgehead atoms. The van der Waals surface area contributed by atoms with Crippen molar-refractivity contribution < 1.29 is 9.94 Å². The molecule has 1 aromatic carbocycles. The molecule has 3 heteroatoms. The van der Waals surface area contributed by atoms with E-state index in [9.17, 15) is 5.11 Å². The van der Waals surface area contributed by atoms with Crippen LogP contribution in [0.4, 0.5) is 0 Å². The van der Waals surface area contributed by atoms with Gasteiger partial charge in [0.25, 0.3) is 0 Å². The standard InChI is InChI=1S/C19H23NO2/c1-19-10-9-15-14-6-4-13(21)11-12(14)3-5-16(15)17(19)7-8-18(19)20-22-2/h4-6,11,15,17,21H,3,7-10H2,1-2H3. The lowest BCUT2D eigenvalue weighted by Gasteiger charge is -2.44. The number of benzene rings is 1. The van der Waals surface area contributed by atoms with Gasteiger partial charge in [-0.3, -0.25) is 0 Å². The number of hydrogen-bond donors (Lipinski definition) is 1. The molecule has 0 aromatic heterocycles. The van der Waals surface area contributed by atoms with Crippen molar-refractivity contribution >= 4 is 5.71 Å². The van der Waals surface area contributed by atoms with Crippen LogP contribution in [0.15, 0.2) is 35.0 Å². The summed E-state index contributed by atoms with van der Waals surface area (Å²) in [7, 11) is 1.65. The van der Waals surface area contributed by atoms with Crippen molar-refractivity contribution in [3.05, 3.63) is 41.0 Å². The van der Waals surface area contributed by atoms with Crippen LogP contribution in [0.25, 0.3) is 0 Å². The second-order valence-electron chi connectivity index (χ2n) is 7.11. The Labute approximate surface area is 131 Å². The van der Waals surface area contributed by atoms with E-state index in [0.717, 1.165) is 12.8 Å². The number of nitrogens with zero attached hydrogens (tertiary/aromatic N) is 1. The molecule has 0 spiro atoms. The highest BCUT2D eigenvalue weighted by molar-refractivity contribution is 5.92. The van der Waals surface area contributed by atoms with Crippen LogP contribution in [0.1, 0.15) is 49.7 Å². The molecule has 3 aliphatic rings. The lowest BCUT2D eigenvalue weighted by Crippen LogP contribution is -2.37. The highest BCUT2D eigenvalue weighted by atomic mass is 16.6. The minimum absolute atomic E-state index is 0.173. The Balaban J connectivity index is 1.73. The van der Waals surface area contributed by atoms with Gasteiger partial charge in [0.2, 0.25) is 0 Å². The smallest absolute Gasteiger partial charge is 0.115 e. The molecule has 0 heterocycles. The van der Waals surface area contributed by atoms with Gasteiger partial charge in [-0.25, -0.2) is 0 Å². The maximum absolute atomic E-state index is 9.72. The fourth-order valence-corrected chi connectivity index (χ4v) is 5.01. The number of aromatic hydroxyl groups is 1. The molecule has 0 radical (unpaired) electrons. The van der Waals surface area contributed by atoms with Gasteiger partial charge < -0.3 is 9.94 Å². The predicted molar refractivity (Wildman–Crippen MR) is 87.1 cm³/mol. The Morgan fingerprint density at radius 3 is 3.00 bits per heavy atom. The summed E-state index contributed by atoms with van der Waals surface area (Å²) in [6, 6.07) is 5.90. The number of hydrogen-bond acceptors (Lipinski definition) is 3. The third-order valence-corrected chi connectivity index (χ3v) is 6.12. The van der Waals surface area contributed by atoms with Crippen molar-refractivity contribution in [2.24, 2.45) is 16.5 Å². The normalized spacial score (nSPS) is 34.6. The average molecular weight is 297 g/mol. The molecule has 0 saturated heterocycles. The van der Waals surface area contributed by atoms with Gasteiger partial charge in [-0.05, 0) is 61.3 Å². The van der Waals surface area contributed by atoms with Crippen molar-refractivity contribution in [2.45, 2.75) is 44.9 Å². The Kier molecular flexibility index (Phi) is 3.07. The second-order valence-corrected chi connectivity index (χ2v) is 7.11. The zero-order valence-electron chi connectivity index (χ0n) is 13.3. The van der Waals surface area contributed by atoms with Crippen molar-refractivity contribution in [3.63, 3.8) is 0 Å². The molecule has 0 aliphatic heterocycles. The lowest BCUT2D eigenvalue weighted by atomic mass is 9.60. The Hall–Kier alpha value is -1.77. The quantitative estimate of drug-likeness (QED) is 0.624.